The van der Waals surface area contributed by atoms with Crippen molar-refractivity contribution in [1.29, 1.82) is 0 Å². The van der Waals surface area contributed by atoms with E-state index in [9.17, 15) is 4.79 Å². The normalized spacial score (nSPS) is 36.6. The highest BCUT2D eigenvalue weighted by Gasteiger charge is 2.35. The van der Waals surface area contributed by atoms with Crippen LogP contribution in [0, 0.1) is 5.41 Å². The molecule has 0 aromatic carbocycles. The monoisotopic (exact) mass is 174 g/mol. The van der Waals surface area contributed by atoms with Gasteiger partial charge in [0.15, 0.2) is 0 Å². The van der Waals surface area contributed by atoms with E-state index in [1.165, 1.54) is 0 Å². The molecule has 1 rings (SSSR count). The summed E-state index contributed by atoms with van der Waals surface area (Å²) in [6.07, 6.45) is 0.995. The molecule has 0 unspecified atom stereocenters. The molecule has 0 aromatic heterocycles. The van der Waals surface area contributed by atoms with Crippen molar-refractivity contribution < 1.29 is 9.53 Å². The topological polar surface area (TPSA) is 26.3 Å². The van der Waals surface area contributed by atoms with E-state index in [-0.39, 0.29) is 10.3 Å². The third-order valence-electron chi connectivity index (χ3n) is 1.78. The van der Waals surface area contributed by atoms with Gasteiger partial charge in [0.1, 0.15) is 11.2 Å². The second-order valence-electron chi connectivity index (χ2n) is 3.75. The zero-order chi connectivity index (χ0) is 8.54. The fourth-order valence-corrected chi connectivity index (χ4v) is 1.80. The lowest BCUT2D eigenvalue weighted by Gasteiger charge is -2.37. The molecule has 1 aliphatic rings. The predicted octanol–water partition coefficient (Wildman–Crippen LogP) is 1.69. The van der Waals surface area contributed by atoms with Crippen molar-refractivity contribution in [2.45, 2.75) is 25.7 Å². The van der Waals surface area contributed by atoms with Gasteiger partial charge in [0.2, 0.25) is 0 Å². The van der Waals surface area contributed by atoms with Crippen molar-refractivity contribution >= 4 is 18.0 Å². The molecular formula is C8H14O2S. The van der Waals surface area contributed by atoms with Gasteiger partial charge >= 0.3 is 0 Å². The van der Waals surface area contributed by atoms with Gasteiger partial charge in [-0.05, 0) is 20.8 Å². The van der Waals surface area contributed by atoms with Gasteiger partial charge in [0, 0.05) is 5.75 Å². The van der Waals surface area contributed by atoms with Gasteiger partial charge in [-0.25, -0.2) is 0 Å². The minimum atomic E-state index is -0.264. The average Bonchev–Trinajstić information content (AvgIpc) is 1.97. The summed E-state index contributed by atoms with van der Waals surface area (Å²) < 4.78 is 5.50. The number of thioether (sulfide) groups is 1. The number of rotatable bonds is 1. The number of hydrogen-bond donors (Lipinski definition) is 0. The molecule has 0 aromatic rings. The van der Waals surface area contributed by atoms with Crippen molar-refractivity contribution in [2.75, 3.05) is 12.4 Å². The lowest BCUT2D eigenvalue weighted by molar-refractivity contribution is -0.119. The fraction of sp³-hybridized carbons (Fsp3) is 0.875. The molecule has 1 aliphatic heterocycles. The smallest absolute Gasteiger partial charge is 0.129 e. The molecule has 1 atom stereocenters. The zero-order valence-electron chi connectivity index (χ0n) is 7.22. The van der Waals surface area contributed by atoms with Gasteiger partial charge in [0.25, 0.3) is 0 Å². The van der Waals surface area contributed by atoms with Gasteiger partial charge < -0.3 is 9.53 Å². The second-order valence-corrected chi connectivity index (χ2v) is 5.31. The first-order valence-corrected chi connectivity index (χ1v) is 4.70. The van der Waals surface area contributed by atoms with E-state index < -0.39 is 0 Å². The van der Waals surface area contributed by atoms with E-state index in [2.05, 4.69) is 0 Å². The second kappa shape index (κ2) is 2.79. The molecule has 0 amide bonds. The number of carbonyl (C=O) groups excluding carboxylic acids is 1. The van der Waals surface area contributed by atoms with Crippen LogP contribution in [0.4, 0.5) is 0 Å². The Hall–Kier alpha value is -0.0200. The first-order chi connectivity index (χ1) is 4.97. The van der Waals surface area contributed by atoms with Crippen LogP contribution in [0.5, 0.6) is 0 Å². The Balaban J connectivity index is 2.54. The summed E-state index contributed by atoms with van der Waals surface area (Å²) >= 11 is 1.70. The van der Waals surface area contributed by atoms with Gasteiger partial charge in [-0.15, -0.1) is 11.8 Å². The molecule has 1 saturated heterocycles. The highest BCUT2D eigenvalue weighted by molar-refractivity contribution is 8.00. The maximum absolute atomic E-state index is 10.6. The molecule has 64 valence electrons. The van der Waals surface area contributed by atoms with Gasteiger partial charge in [-0.3, -0.25) is 0 Å². The molecule has 0 saturated carbocycles. The first-order valence-electron chi connectivity index (χ1n) is 3.72. The van der Waals surface area contributed by atoms with Gasteiger partial charge in [-0.2, -0.15) is 0 Å². The Kier molecular flexibility index (Phi) is 2.30. The van der Waals surface area contributed by atoms with Crippen molar-refractivity contribution in [3.63, 3.8) is 0 Å². The van der Waals surface area contributed by atoms with Crippen molar-refractivity contribution in [1.82, 2.24) is 0 Å². The minimum Gasteiger partial charge on any atom is -0.364 e. The highest BCUT2D eigenvalue weighted by atomic mass is 32.2. The van der Waals surface area contributed by atoms with Crippen LogP contribution in [0.1, 0.15) is 20.8 Å². The Morgan fingerprint density at radius 1 is 1.45 bits per heavy atom. The Morgan fingerprint density at radius 2 is 2.09 bits per heavy atom. The highest BCUT2D eigenvalue weighted by Crippen LogP contribution is 2.37. The molecule has 1 fully saturated rings. The molecular weight excluding hydrogens is 160 g/mol. The van der Waals surface area contributed by atoms with E-state index in [1.54, 1.807) is 11.8 Å². The number of ether oxygens (including phenoxy) is 1. The summed E-state index contributed by atoms with van der Waals surface area (Å²) in [6.45, 7) is 6.54. The lowest BCUT2D eigenvalue weighted by Crippen LogP contribution is -2.39. The van der Waals surface area contributed by atoms with Crippen LogP contribution in [-0.4, -0.2) is 23.6 Å². The molecule has 2 nitrogen and oxygen atoms in total. The van der Waals surface area contributed by atoms with E-state index >= 15 is 0 Å². The summed E-state index contributed by atoms with van der Waals surface area (Å²) in [5.41, 5.74) is -0.264. The van der Waals surface area contributed by atoms with Crippen LogP contribution in [0.3, 0.4) is 0 Å². The van der Waals surface area contributed by atoms with Crippen LogP contribution >= 0.6 is 11.8 Å². The largest absolute Gasteiger partial charge is 0.364 e. The molecule has 0 bridgehead atoms. The average molecular weight is 174 g/mol. The summed E-state index contributed by atoms with van der Waals surface area (Å²) in [7, 11) is 0. The van der Waals surface area contributed by atoms with Crippen molar-refractivity contribution in [2.24, 2.45) is 5.41 Å². The van der Waals surface area contributed by atoms with Crippen LogP contribution < -0.4 is 0 Å². The predicted molar refractivity (Wildman–Crippen MR) is 46.7 cm³/mol. The third-order valence-corrected chi connectivity index (χ3v) is 3.40. The summed E-state index contributed by atoms with van der Waals surface area (Å²) in [5, 5.41) is 0. The van der Waals surface area contributed by atoms with E-state index in [0.29, 0.717) is 6.61 Å². The standard InChI is InChI=1S/C8H14O2S/c1-7(2)10-5-8(3,4-9)6-11-7/h4H,5-6H2,1-3H3/t8-/m0/s1. The van der Waals surface area contributed by atoms with Crippen LogP contribution in [0.15, 0.2) is 0 Å². The van der Waals surface area contributed by atoms with Gasteiger partial charge in [0.05, 0.1) is 12.0 Å². The summed E-state index contributed by atoms with van der Waals surface area (Å²) in [5.74, 6) is 0.865. The fourth-order valence-electron chi connectivity index (χ4n) is 0.829. The van der Waals surface area contributed by atoms with E-state index in [4.69, 9.17) is 4.74 Å². The number of carbonyl (C=O) groups is 1. The maximum Gasteiger partial charge on any atom is 0.129 e. The Morgan fingerprint density at radius 3 is 2.45 bits per heavy atom. The van der Waals surface area contributed by atoms with Crippen molar-refractivity contribution in [3.8, 4) is 0 Å². The third kappa shape index (κ3) is 2.20. The van der Waals surface area contributed by atoms with Crippen LogP contribution in [-0.2, 0) is 9.53 Å². The van der Waals surface area contributed by atoms with E-state index in [1.807, 2.05) is 20.8 Å². The molecule has 0 aliphatic carbocycles. The maximum atomic E-state index is 10.6. The molecule has 11 heavy (non-hydrogen) atoms. The Labute approximate surface area is 71.7 Å². The molecule has 3 heteroatoms. The van der Waals surface area contributed by atoms with Crippen LogP contribution in [0.25, 0.3) is 0 Å². The van der Waals surface area contributed by atoms with Crippen molar-refractivity contribution in [3.05, 3.63) is 0 Å². The SMILES string of the molecule is CC1(C)OC[C@](C)(C=O)CS1. The molecule has 0 radical (unpaired) electrons. The summed E-state index contributed by atoms with van der Waals surface area (Å²) in [6, 6.07) is 0. The minimum absolute atomic E-state index is 0.109. The molecule has 0 spiro atoms. The Bertz CT molecular complexity index is 155. The first kappa shape index (κ1) is 9.07. The number of aldehydes is 1. The van der Waals surface area contributed by atoms with E-state index in [0.717, 1.165) is 12.0 Å². The van der Waals surface area contributed by atoms with Gasteiger partial charge in [-0.1, -0.05) is 0 Å². The van der Waals surface area contributed by atoms with Crippen LogP contribution in [0.2, 0.25) is 0 Å². The lowest BCUT2D eigenvalue weighted by atomic mass is 9.97. The quantitative estimate of drug-likeness (QED) is 0.566. The number of hydrogen-bond acceptors (Lipinski definition) is 3. The summed E-state index contributed by atoms with van der Waals surface area (Å²) in [4.78, 5) is 10.5. The molecule has 1 heterocycles. The molecule has 0 N–H and O–H groups in total. The zero-order valence-corrected chi connectivity index (χ0v) is 8.03.